The topological polar surface area (TPSA) is 75.9 Å². The maximum atomic E-state index is 6.27. The summed E-state index contributed by atoms with van der Waals surface area (Å²) >= 11 is 0. The molecule has 10 aromatic rings. The van der Waals surface area contributed by atoms with E-state index in [2.05, 4.69) is 113 Å². The van der Waals surface area contributed by atoms with Crippen LogP contribution in [0.1, 0.15) is 22.9 Å². The molecule has 0 bridgehead atoms. The maximum Gasteiger partial charge on any atom is 0.227 e. The van der Waals surface area contributed by atoms with E-state index in [9.17, 15) is 0 Å². The minimum absolute atomic E-state index is 0.359. The van der Waals surface area contributed by atoms with Gasteiger partial charge >= 0.3 is 0 Å². The largest absolute Gasteiger partial charge is 0.456 e. The minimum atomic E-state index is -0.359. The summed E-state index contributed by atoms with van der Waals surface area (Å²) in [4.78, 5) is 15.1. The van der Waals surface area contributed by atoms with Gasteiger partial charge in [0.25, 0.3) is 0 Å². The Bertz CT molecular complexity index is 3130. The number of hydrogen-bond acceptors (Lipinski definition) is 6. The Kier molecular flexibility index (Phi) is 6.21. The first-order chi connectivity index (χ1) is 25.7. The molecule has 6 heteroatoms. The average molecular weight is 669 g/mol. The second kappa shape index (κ2) is 11.2. The van der Waals surface area contributed by atoms with Gasteiger partial charge in [-0.1, -0.05) is 115 Å². The van der Waals surface area contributed by atoms with Crippen LogP contribution in [0.4, 0.5) is 0 Å². The van der Waals surface area contributed by atoms with Crippen molar-refractivity contribution in [2.75, 3.05) is 0 Å². The molecule has 11 rings (SSSR count). The first-order valence-corrected chi connectivity index (χ1v) is 17.4. The SMILES string of the molecule is c1ccc2cc(C3N=C(c4cccc5oc6ccccc6c45)N=C(c4ccc5c(-c6ccnc7oc8ccccc8c67)cccc5c4)N3)ccc2c1. The lowest BCUT2D eigenvalue weighted by atomic mass is 9.94. The molecule has 0 fully saturated rings. The molecule has 1 aliphatic rings. The number of aliphatic imine (C=N–C) groups is 2. The smallest absolute Gasteiger partial charge is 0.227 e. The number of pyridine rings is 1. The number of furan rings is 2. The van der Waals surface area contributed by atoms with E-state index in [0.29, 0.717) is 11.5 Å². The normalized spacial score (nSPS) is 14.7. The molecule has 0 radical (unpaired) electrons. The van der Waals surface area contributed by atoms with Crippen LogP contribution in [0.5, 0.6) is 0 Å². The molecule has 4 heterocycles. The van der Waals surface area contributed by atoms with Crippen molar-refractivity contribution in [2.24, 2.45) is 9.98 Å². The number of nitrogens with zero attached hydrogens (tertiary/aromatic N) is 3. The highest BCUT2D eigenvalue weighted by molar-refractivity contribution is 6.22. The Morgan fingerprint density at radius 3 is 2.13 bits per heavy atom. The summed E-state index contributed by atoms with van der Waals surface area (Å²) in [6.07, 6.45) is 1.47. The van der Waals surface area contributed by atoms with Gasteiger partial charge in [-0.2, -0.15) is 0 Å². The van der Waals surface area contributed by atoms with Gasteiger partial charge in [-0.15, -0.1) is 0 Å². The van der Waals surface area contributed by atoms with E-state index >= 15 is 0 Å². The molecule has 0 saturated carbocycles. The number of aromatic nitrogens is 1. The molecule has 244 valence electrons. The molecule has 6 nitrogen and oxygen atoms in total. The summed E-state index contributed by atoms with van der Waals surface area (Å²) in [6, 6.07) is 52.4. The van der Waals surface area contributed by atoms with Crippen molar-refractivity contribution < 1.29 is 8.83 Å². The molecular formula is C46H28N4O2. The minimum Gasteiger partial charge on any atom is -0.456 e. The van der Waals surface area contributed by atoms with E-state index in [4.69, 9.17) is 18.8 Å². The van der Waals surface area contributed by atoms with Crippen molar-refractivity contribution in [3.63, 3.8) is 0 Å². The van der Waals surface area contributed by atoms with Gasteiger partial charge in [0.15, 0.2) is 5.84 Å². The average Bonchev–Trinajstić information content (AvgIpc) is 3.79. The highest BCUT2D eigenvalue weighted by Crippen LogP contribution is 2.39. The highest BCUT2D eigenvalue weighted by atomic mass is 16.3. The van der Waals surface area contributed by atoms with E-state index in [1.54, 1.807) is 0 Å². The number of hydrogen-bond donors (Lipinski definition) is 1. The maximum absolute atomic E-state index is 6.27. The summed E-state index contributed by atoms with van der Waals surface area (Å²) < 4.78 is 12.4. The number of rotatable bonds is 4. The van der Waals surface area contributed by atoms with Crippen LogP contribution in [0, 0.1) is 0 Å². The Labute approximate surface area is 297 Å². The predicted octanol–water partition coefficient (Wildman–Crippen LogP) is 11.3. The van der Waals surface area contributed by atoms with Crippen molar-refractivity contribution in [1.82, 2.24) is 10.3 Å². The summed E-state index contributed by atoms with van der Waals surface area (Å²) in [6.45, 7) is 0. The van der Waals surface area contributed by atoms with Crippen LogP contribution in [-0.4, -0.2) is 16.7 Å². The third-order valence-electron chi connectivity index (χ3n) is 10.2. The molecule has 1 unspecified atom stereocenters. The fourth-order valence-corrected chi connectivity index (χ4v) is 7.76. The quantitative estimate of drug-likeness (QED) is 0.202. The zero-order valence-electron chi connectivity index (χ0n) is 27.7. The van der Waals surface area contributed by atoms with Gasteiger partial charge in [0, 0.05) is 33.5 Å². The zero-order chi connectivity index (χ0) is 34.2. The third-order valence-corrected chi connectivity index (χ3v) is 10.2. The van der Waals surface area contributed by atoms with Crippen LogP contribution >= 0.6 is 0 Å². The van der Waals surface area contributed by atoms with Crippen molar-refractivity contribution >= 4 is 77.2 Å². The van der Waals surface area contributed by atoms with Crippen molar-refractivity contribution in [3.05, 3.63) is 175 Å². The van der Waals surface area contributed by atoms with Crippen LogP contribution < -0.4 is 5.32 Å². The van der Waals surface area contributed by atoms with Crippen molar-refractivity contribution in [1.29, 1.82) is 0 Å². The van der Waals surface area contributed by atoms with Gasteiger partial charge in [0.2, 0.25) is 5.71 Å². The Morgan fingerprint density at radius 2 is 1.23 bits per heavy atom. The summed E-state index contributed by atoms with van der Waals surface area (Å²) in [5, 5.41) is 12.4. The lowest BCUT2D eigenvalue weighted by molar-refractivity contribution is 0.654. The van der Waals surface area contributed by atoms with Gasteiger partial charge in [0.1, 0.15) is 28.8 Å². The van der Waals surface area contributed by atoms with E-state index in [0.717, 1.165) is 82.7 Å². The standard InChI is InChI=1S/C46H28N4O2/c1-2-10-28-25-30(20-19-27(28)9-1)43-48-44(50-45(49-43)37-15-8-18-40-41(37)35-12-3-5-16-38(35)51-40)31-21-22-32-29(26-31)11-7-14-33(32)34-23-24-47-46-42(34)36-13-4-6-17-39(36)52-46/h1-26,43H,(H,48,49,50). The van der Waals surface area contributed by atoms with E-state index in [1.807, 2.05) is 54.7 Å². The van der Waals surface area contributed by atoms with Crippen molar-refractivity contribution in [3.8, 4) is 11.1 Å². The first-order valence-electron chi connectivity index (χ1n) is 17.4. The number of fused-ring (bicyclic) bond motifs is 8. The molecule has 52 heavy (non-hydrogen) atoms. The monoisotopic (exact) mass is 668 g/mol. The highest BCUT2D eigenvalue weighted by Gasteiger charge is 2.24. The molecule has 3 aromatic heterocycles. The van der Waals surface area contributed by atoms with Crippen molar-refractivity contribution in [2.45, 2.75) is 6.17 Å². The summed E-state index contributed by atoms with van der Waals surface area (Å²) in [5.74, 6) is 1.41. The Hall–Kier alpha value is -7.05. The molecule has 1 atom stereocenters. The van der Waals surface area contributed by atoms with Gasteiger partial charge in [-0.25, -0.2) is 15.0 Å². The lowest BCUT2D eigenvalue weighted by Gasteiger charge is -2.24. The molecule has 0 saturated heterocycles. The van der Waals surface area contributed by atoms with E-state index < -0.39 is 0 Å². The Morgan fingerprint density at radius 1 is 0.500 bits per heavy atom. The molecule has 7 aromatic carbocycles. The fourth-order valence-electron chi connectivity index (χ4n) is 7.76. The second-order valence-electron chi connectivity index (χ2n) is 13.2. The number of para-hydroxylation sites is 2. The molecule has 1 aliphatic heterocycles. The molecular weight excluding hydrogens is 641 g/mol. The second-order valence-corrected chi connectivity index (χ2v) is 13.2. The van der Waals surface area contributed by atoms with E-state index in [1.165, 1.54) is 10.8 Å². The lowest BCUT2D eigenvalue weighted by Crippen LogP contribution is -2.33. The van der Waals surface area contributed by atoms with Crippen LogP contribution in [0.15, 0.2) is 177 Å². The number of nitrogens with one attached hydrogen (secondary N) is 1. The van der Waals surface area contributed by atoms with Gasteiger partial charge in [-0.05, 0) is 74.6 Å². The van der Waals surface area contributed by atoms with Gasteiger partial charge in [-0.3, -0.25) is 0 Å². The fraction of sp³-hybridized carbons (Fsp3) is 0.0217. The molecule has 0 spiro atoms. The first kappa shape index (κ1) is 28.8. The van der Waals surface area contributed by atoms with Crippen LogP contribution in [0.2, 0.25) is 0 Å². The third kappa shape index (κ3) is 4.48. The van der Waals surface area contributed by atoms with E-state index in [-0.39, 0.29) is 6.17 Å². The molecule has 1 N–H and O–H groups in total. The number of benzene rings is 7. The van der Waals surface area contributed by atoms with Crippen LogP contribution in [0.25, 0.3) is 76.7 Å². The van der Waals surface area contributed by atoms with Crippen LogP contribution in [-0.2, 0) is 0 Å². The summed E-state index contributed by atoms with van der Waals surface area (Å²) in [7, 11) is 0. The number of amidine groups is 2. The van der Waals surface area contributed by atoms with Gasteiger partial charge < -0.3 is 14.2 Å². The Balaban J connectivity index is 1.08. The molecule has 0 aliphatic carbocycles. The zero-order valence-corrected chi connectivity index (χ0v) is 27.7. The molecule has 0 amide bonds. The predicted molar refractivity (Wildman–Crippen MR) is 211 cm³/mol. The summed E-state index contributed by atoms with van der Waals surface area (Å²) in [5.41, 5.74) is 8.31. The van der Waals surface area contributed by atoms with Crippen LogP contribution in [0.3, 0.4) is 0 Å². The van der Waals surface area contributed by atoms with Gasteiger partial charge in [0.05, 0.1) is 5.39 Å².